The molecule has 0 N–H and O–H groups in total. The molecule has 0 saturated heterocycles. The number of thioether (sulfide) groups is 1. The second-order valence-electron chi connectivity index (χ2n) is 4.22. The van der Waals surface area contributed by atoms with Crippen LogP contribution in [0.25, 0.3) is 5.69 Å². The van der Waals surface area contributed by atoms with Crippen LogP contribution in [0.5, 0.6) is 0 Å². The first-order chi connectivity index (χ1) is 11.4. The molecule has 0 spiro atoms. The van der Waals surface area contributed by atoms with Gasteiger partial charge in [0.15, 0.2) is 0 Å². The highest BCUT2D eigenvalue weighted by Gasteiger charge is 2.32. The quantitative estimate of drug-likeness (QED) is 0.410. The molecule has 25 heavy (non-hydrogen) atoms. The summed E-state index contributed by atoms with van der Waals surface area (Å²) in [5.74, 6) is 0. The van der Waals surface area contributed by atoms with E-state index >= 15 is 0 Å². The molecule has 2 rings (SSSR count). The number of hydrogen-bond donors (Lipinski definition) is 0. The van der Waals surface area contributed by atoms with Crippen LogP contribution >= 0.6 is 105 Å². The number of aromatic nitrogens is 3. The van der Waals surface area contributed by atoms with Crippen LogP contribution in [-0.2, 0) is 0 Å². The standard InChI is InChI=1S/C11H7Cl6N3O2S3/c1-23-7-4-2-6(3-5-7)18-8(21)19(24-10(12,13)14)20(9(18)22)25-11(15,16)17/h2-5H,1H3. The van der Waals surface area contributed by atoms with Crippen molar-refractivity contribution in [1.29, 1.82) is 0 Å². The van der Waals surface area contributed by atoms with Gasteiger partial charge in [-0.25, -0.2) is 14.2 Å². The molecule has 0 aliphatic carbocycles. The molecule has 1 aromatic heterocycles. The third-order valence-electron chi connectivity index (χ3n) is 2.59. The van der Waals surface area contributed by atoms with E-state index in [0.29, 0.717) is 29.6 Å². The largest absolute Gasteiger partial charge is 0.363 e. The van der Waals surface area contributed by atoms with E-state index in [4.69, 9.17) is 69.6 Å². The van der Waals surface area contributed by atoms with Gasteiger partial charge in [-0.3, -0.25) is 0 Å². The zero-order valence-electron chi connectivity index (χ0n) is 12.0. The molecule has 0 unspecified atom stereocenters. The highest BCUT2D eigenvalue weighted by molar-refractivity contribution is 8.05. The minimum Gasteiger partial charge on any atom is -0.244 e. The summed E-state index contributed by atoms with van der Waals surface area (Å²) < 4.78 is -1.30. The molecule has 1 aromatic carbocycles. The number of hydrogen-bond acceptors (Lipinski definition) is 5. The summed E-state index contributed by atoms with van der Waals surface area (Å²) in [4.78, 5) is 26.3. The van der Waals surface area contributed by atoms with Crippen molar-refractivity contribution in [2.75, 3.05) is 6.26 Å². The van der Waals surface area contributed by atoms with E-state index in [-0.39, 0.29) is 0 Å². The predicted molar refractivity (Wildman–Crippen MR) is 113 cm³/mol. The van der Waals surface area contributed by atoms with Crippen LogP contribution < -0.4 is 11.4 Å². The molecule has 2 aromatic rings. The molecular formula is C11H7Cl6N3O2S3. The predicted octanol–water partition coefficient (Wildman–Crippen LogP) is 5.17. The van der Waals surface area contributed by atoms with Gasteiger partial charge in [0.25, 0.3) is 6.25 Å². The fourth-order valence-electron chi connectivity index (χ4n) is 1.71. The monoisotopic (exact) mass is 519 g/mol. The van der Waals surface area contributed by atoms with Crippen LogP contribution in [0.4, 0.5) is 0 Å². The average molecular weight is 522 g/mol. The lowest BCUT2D eigenvalue weighted by Gasteiger charge is -2.14. The summed E-state index contributed by atoms with van der Waals surface area (Å²) in [5, 5.41) is 0. The summed E-state index contributed by atoms with van der Waals surface area (Å²) in [6, 6.07) is 6.75. The summed E-state index contributed by atoms with van der Waals surface area (Å²) in [6.45, 7) is 0. The van der Waals surface area contributed by atoms with E-state index < -0.39 is 17.6 Å². The Morgan fingerprint density at radius 3 is 1.52 bits per heavy atom. The number of alkyl halides is 6. The summed E-state index contributed by atoms with van der Waals surface area (Å²) in [6.07, 6.45) is 1.90. The van der Waals surface area contributed by atoms with Gasteiger partial charge in [-0.1, -0.05) is 69.6 Å². The van der Waals surface area contributed by atoms with Gasteiger partial charge in [-0.05, 0) is 30.5 Å². The van der Waals surface area contributed by atoms with Crippen molar-refractivity contribution in [2.24, 2.45) is 0 Å². The van der Waals surface area contributed by atoms with Gasteiger partial charge in [-0.15, -0.1) is 11.8 Å². The number of benzene rings is 1. The molecule has 5 nitrogen and oxygen atoms in total. The van der Waals surface area contributed by atoms with Crippen molar-refractivity contribution in [1.82, 2.24) is 12.7 Å². The maximum atomic E-state index is 12.7. The van der Waals surface area contributed by atoms with Crippen LogP contribution in [0.2, 0.25) is 0 Å². The molecule has 0 atom stereocenters. The van der Waals surface area contributed by atoms with Crippen molar-refractivity contribution in [3.63, 3.8) is 0 Å². The highest BCUT2D eigenvalue weighted by Crippen LogP contribution is 2.42. The van der Waals surface area contributed by atoms with Gasteiger partial charge < -0.3 is 0 Å². The zero-order chi connectivity index (χ0) is 19.0. The van der Waals surface area contributed by atoms with Crippen LogP contribution in [0.3, 0.4) is 0 Å². The Morgan fingerprint density at radius 1 is 0.800 bits per heavy atom. The topological polar surface area (TPSA) is 48.9 Å². The molecule has 138 valence electrons. The summed E-state index contributed by atoms with van der Waals surface area (Å²) >= 11 is 36.8. The Bertz CT molecular complexity index is 818. The molecule has 0 amide bonds. The molecule has 0 aliphatic rings. The maximum absolute atomic E-state index is 12.7. The first kappa shape index (κ1) is 22.0. The molecule has 1 heterocycles. The molecule has 0 radical (unpaired) electrons. The lowest BCUT2D eigenvalue weighted by atomic mass is 10.3. The van der Waals surface area contributed by atoms with Gasteiger partial charge in [-0.2, -0.15) is 8.17 Å². The van der Waals surface area contributed by atoms with Gasteiger partial charge in [0.2, 0.25) is 0 Å². The van der Waals surface area contributed by atoms with E-state index in [9.17, 15) is 9.59 Å². The lowest BCUT2D eigenvalue weighted by Crippen LogP contribution is -2.26. The first-order valence-corrected chi connectivity index (χ1v) is 11.1. The van der Waals surface area contributed by atoms with Crippen molar-refractivity contribution in [2.45, 2.75) is 11.1 Å². The number of halogens is 6. The third-order valence-corrected chi connectivity index (χ3v) is 6.07. The van der Waals surface area contributed by atoms with Crippen molar-refractivity contribution >= 4 is 105 Å². The first-order valence-electron chi connectivity index (χ1n) is 6.07. The minimum atomic E-state index is -1.92. The molecule has 14 heteroatoms. The smallest absolute Gasteiger partial charge is 0.244 e. The normalized spacial score (nSPS) is 12.6. The van der Waals surface area contributed by atoms with E-state index in [2.05, 4.69) is 0 Å². The van der Waals surface area contributed by atoms with Gasteiger partial charge in [0.05, 0.1) is 5.69 Å². The fraction of sp³-hybridized carbons (Fsp3) is 0.273. The Balaban J connectivity index is 2.66. The van der Waals surface area contributed by atoms with Gasteiger partial charge in [0.1, 0.15) is 0 Å². The SMILES string of the molecule is CSc1ccc(-n2c(=O)n(SC(Cl)(Cl)Cl)n(SC(Cl)(Cl)Cl)c2=O)cc1. The van der Waals surface area contributed by atoms with Crippen LogP contribution in [0.1, 0.15) is 0 Å². The van der Waals surface area contributed by atoms with Crippen molar-refractivity contribution in [3.05, 3.63) is 45.2 Å². The summed E-state index contributed by atoms with van der Waals surface area (Å²) in [7, 11) is 0. The van der Waals surface area contributed by atoms with E-state index in [1.54, 1.807) is 24.3 Å². The third kappa shape index (κ3) is 5.86. The average Bonchev–Trinajstić information content (AvgIpc) is 2.69. The van der Waals surface area contributed by atoms with Crippen LogP contribution in [0.15, 0.2) is 38.8 Å². The number of nitrogens with zero attached hydrogens (tertiary/aromatic N) is 3. The van der Waals surface area contributed by atoms with Crippen LogP contribution in [-0.4, -0.2) is 25.2 Å². The zero-order valence-corrected chi connectivity index (χ0v) is 18.9. The lowest BCUT2D eigenvalue weighted by molar-refractivity contribution is 0.888. The Labute approximate surface area is 185 Å². The molecule has 0 aliphatic heterocycles. The minimum absolute atomic E-state index is 0.329. The highest BCUT2D eigenvalue weighted by atomic mass is 35.6. The molecule has 0 fully saturated rings. The van der Waals surface area contributed by atoms with Crippen molar-refractivity contribution < 1.29 is 0 Å². The second kappa shape index (κ2) is 8.41. The van der Waals surface area contributed by atoms with E-state index in [0.717, 1.165) is 17.6 Å². The Morgan fingerprint density at radius 2 is 1.20 bits per heavy atom. The number of rotatable bonds is 4. The van der Waals surface area contributed by atoms with Crippen LogP contribution in [0, 0.1) is 0 Å². The van der Waals surface area contributed by atoms with E-state index in [1.807, 2.05) is 6.26 Å². The van der Waals surface area contributed by atoms with Gasteiger partial charge in [0, 0.05) is 28.8 Å². The molecule has 0 bridgehead atoms. The molecule has 0 saturated carbocycles. The van der Waals surface area contributed by atoms with Crippen molar-refractivity contribution in [3.8, 4) is 5.69 Å². The summed E-state index contributed by atoms with van der Waals surface area (Å²) in [5.41, 5.74) is -1.20. The Kier molecular flexibility index (Phi) is 7.41. The maximum Gasteiger partial charge on any atom is 0.363 e. The van der Waals surface area contributed by atoms with E-state index in [1.165, 1.54) is 11.8 Å². The Hall–Kier alpha value is 0.750. The fourth-order valence-corrected chi connectivity index (χ4v) is 4.49. The molecular weight excluding hydrogens is 515 g/mol. The second-order valence-corrected chi connectivity index (χ2v) is 13.3. The van der Waals surface area contributed by atoms with Gasteiger partial charge >= 0.3 is 11.4 Å².